The predicted molar refractivity (Wildman–Crippen MR) is 109 cm³/mol. The SMILES string of the molecule is CCCSc1nc2n(n1)C(c1ccco1)C(C(=O)Nc1ccccc1)=C(C)N2. The third-order valence-electron chi connectivity index (χ3n) is 4.36. The van der Waals surface area contributed by atoms with Gasteiger partial charge in [0.2, 0.25) is 11.1 Å². The third-order valence-corrected chi connectivity index (χ3v) is 5.40. The zero-order valence-corrected chi connectivity index (χ0v) is 16.5. The Labute approximate surface area is 167 Å². The molecule has 0 radical (unpaired) electrons. The minimum Gasteiger partial charge on any atom is -0.467 e. The summed E-state index contributed by atoms with van der Waals surface area (Å²) < 4.78 is 7.39. The Kier molecular flexibility index (Phi) is 5.21. The molecule has 144 valence electrons. The van der Waals surface area contributed by atoms with Crippen molar-refractivity contribution in [1.29, 1.82) is 0 Å². The molecule has 8 heteroatoms. The second-order valence-electron chi connectivity index (χ2n) is 6.41. The van der Waals surface area contributed by atoms with E-state index in [1.165, 1.54) is 0 Å². The molecular weight excluding hydrogens is 374 g/mol. The minimum atomic E-state index is -0.488. The average molecular weight is 395 g/mol. The van der Waals surface area contributed by atoms with Crippen LogP contribution >= 0.6 is 11.8 Å². The Balaban J connectivity index is 1.72. The molecule has 1 unspecified atom stereocenters. The number of carbonyl (C=O) groups excluding carboxylic acids is 1. The first-order chi connectivity index (χ1) is 13.7. The van der Waals surface area contributed by atoms with Crippen LogP contribution in [0.3, 0.4) is 0 Å². The van der Waals surface area contributed by atoms with Gasteiger partial charge in [-0.05, 0) is 37.6 Å². The highest BCUT2D eigenvalue weighted by Gasteiger charge is 2.36. The average Bonchev–Trinajstić information content (AvgIpc) is 3.35. The van der Waals surface area contributed by atoms with Crippen LogP contribution in [0.15, 0.2) is 69.6 Å². The van der Waals surface area contributed by atoms with Gasteiger partial charge in [-0.25, -0.2) is 4.68 Å². The number of carbonyl (C=O) groups is 1. The molecule has 3 heterocycles. The topological polar surface area (TPSA) is 85.0 Å². The van der Waals surface area contributed by atoms with Gasteiger partial charge in [0.15, 0.2) is 0 Å². The van der Waals surface area contributed by atoms with Crippen LogP contribution in [0.1, 0.15) is 32.1 Å². The number of benzene rings is 1. The normalized spacial score (nSPS) is 15.9. The summed E-state index contributed by atoms with van der Waals surface area (Å²) in [6.45, 7) is 3.98. The summed E-state index contributed by atoms with van der Waals surface area (Å²) in [6, 6.07) is 12.5. The predicted octanol–water partition coefficient (Wildman–Crippen LogP) is 4.30. The van der Waals surface area contributed by atoms with Crippen LogP contribution in [0.25, 0.3) is 0 Å². The molecule has 0 bridgehead atoms. The lowest BCUT2D eigenvalue weighted by molar-refractivity contribution is -0.113. The van der Waals surface area contributed by atoms with Crippen molar-refractivity contribution in [2.75, 3.05) is 16.4 Å². The largest absolute Gasteiger partial charge is 0.467 e. The lowest BCUT2D eigenvalue weighted by Gasteiger charge is -2.27. The van der Waals surface area contributed by atoms with Crippen LogP contribution in [-0.4, -0.2) is 26.4 Å². The number of rotatable bonds is 6. The van der Waals surface area contributed by atoms with Gasteiger partial charge in [0, 0.05) is 17.1 Å². The number of anilines is 2. The number of hydrogen-bond donors (Lipinski definition) is 2. The molecule has 2 aromatic heterocycles. The van der Waals surface area contributed by atoms with Gasteiger partial charge in [-0.2, -0.15) is 4.98 Å². The zero-order chi connectivity index (χ0) is 19.5. The molecule has 4 rings (SSSR count). The molecule has 3 aromatic rings. The van der Waals surface area contributed by atoms with Gasteiger partial charge in [0.25, 0.3) is 5.91 Å². The van der Waals surface area contributed by atoms with Crippen LogP contribution in [-0.2, 0) is 4.79 Å². The van der Waals surface area contributed by atoms with E-state index in [0.29, 0.717) is 22.4 Å². The van der Waals surface area contributed by atoms with Crippen molar-refractivity contribution < 1.29 is 9.21 Å². The molecule has 0 saturated heterocycles. The molecule has 1 aliphatic rings. The monoisotopic (exact) mass is 395 g/mol. The summed E-state index contributed by atoms with van der Waals surface area (Å²) in [4.78, 5) is 17.7. The van der Waals surface area contributed by atoms with E-state index in [1.54, 1.807) is 22.7 Å². The smallest absolute Gasteiger partial charge is 0.256 e. The highest BCUT2D eigenvalue weighted by Crippen LogP contribution is 2.36. The van der Waals surface area contributed by atoms with Crippen molar-refractivity contribution in [2.45, 2.75) is 31.5 Å². The van der Waals surface area contributed by atoms with E-state index in [0.717, 1.165) is 23.6 Å². The van der Waals surface area contributed by atoms with Crippen LogP contribution in [0.2, 0.25) is 0 Å². The summed E-state index contributed by atoms with van der Waals surface area (Å²) in [6.07, 6.45) is 2.63. The molecule has 0 saturated carbocycles. The van der Waals surface area contributed by atoms with Crippen LogP contribution in [0.5, 0.6) is 0 Å². The summed E-state index contributed by atoms with van der Waals surface area (Å²) in [5, 5.41) is 11.5. The number of thioether (sulfide) groups is 1. The van der Waals surface area contributed by atoms with E-state index in [2.05, 4.69) is 27.6 Å². The first kappa shape index (κ1) is 18.4. The third kappa shape index (κ3) is 3.55. The standard InChI is InChI=1S/C20H21N5O2S/c1-3-12-28-20-23-19-21-13(2)16(18(26)22-14-8-5-4-6-9-14)17(25(19)24-20)15-10-7-11-27-15/h4-11,17H,3,12H2,1-2H3,(H,22,26)(H,21,23,24). The highest BCUT2D eigenvalue weighted by atomic mass is 32.2. The molecule has 1 amide bonds. The molecule has 1 atom stereocenters. The molecule has 0 aliphatic carbocycles. The Morgan fingerprint density at radius 3 is 2.82 bits per heavy atom. The maximum absolute atomic E-state index is 13.2. The van der Waals surface area contributed by atoms with Gasteiger partial charge in [0.1, 0.15) is 11.8 Å². The number of aromatic nitrogens is 3. The number of fused-ring (bicyclic) bond motifs is 1. The van der Waals surface area contributed by atoms with E-state index in [-0.39, 0.29) is 5.91 Å². The number of nitrogens with one attached hydrogen (secondary N) is 2. The molecule has 0 fully saturated rings. The van der Waals surface area contributed by atoms with Gasteiger partial charge in [-0.3, -0.25) is 4.79 Å². The van der Waals surface area contributed by atoms with Gasteiger partial charge < -0.3 is 15.1 Å². The second-order valence-corrected chi connectivity index (χ2v) is 7.47. The van der Waals surface area contributed by atoms with Gasteiger partial charge >= 0.3 is 0 Å². The number of nitrogens with zero attached hydrogens (tertiary/aromatic N) is 3. The second kappa shape index (κ2) is 7.93. The fourth-order valence-corrected chi connectivity index (χ4v) is 3.79. The lowest BCUT2D eigenvalue weighted by atomic mass is 10.00. The molecule has 28 heavy (non-hydrogen) atoms. The van der Waals surface area contributed by atoms with Gasteiger partial charge in [0.05, 0.1) is 11.8 Å². The van der Waals surface area contributed by atoms with E-state index in [4.69, 9.17) is 4.42 Å². The molecule has 7 nitrogen and oxygen atoms in total. The number of hydrogen-bond acceptors (Lipinski definition) is 6. The molecule has 2 N–H and O–H groups in total. The van der Waals surface area contributed by atoms with E-state index in [9.17, 15) is 4.79 Å². The number of para-hydroxylation sites is 1. The minimum absolute atomic E-state index is 0.207. The summed E-state index contributed by atoms with van der Waals surface area (Å²) in [5.41, 5.74) is 2.00. The molecule has 1 aromatic carbocycles. The maximum atomic E-state index is 13.2. The quantitative estimate of drug-likeness (QED) is 0.605. The fourth-order valence-electron chi connectivity index (χ4n) is 3.11. The van der Waals surface area contributed by atoms with Crippen LogP contribution in [0, 0.1) is 0 Å². The van der Waals surface area contributed by atoms with E-state index in [1.807, 2.05) is 49.4 Å². The Morgan fingerprint density at radius 1 is 1.29 bits per heavy atom. The van der Waals surface area contributed by atoms with Crippen LogP contribution in [0.4, 0.5) is 11.6 Å². The highest BCUT2D eigenvalue weighted by molar-refractivity contribution is 7.99. The summed E-state index contributed by atoms with van der Waals surface area (Å²) in [7, 11) is 0. The van der Waals surface area contributed by atoms with Crippen molar-refractivity contribution in [2.24, 2.45) is 0 Å². The van der Waals surface area contributed by atoms with Crippen molar-refractivity contribution >= 4 is 29.3 Å². The Morgan fingerprint density at radius 2 is 2.11 bits per heavy atom. The van der Waals surface area contributed by atoms with E-state index >= 15 is 0 Å². The van der Waals surface area contributed by atoms with E-state index < -0.39 is 6.04 Å². The first-order valence-corrected chi connectivity index (χ1v) is 10.1. The Hall–Kier alpha value is -3.00. The van der Waals surface area contributed by atoms with Crippen molar-refractivity contribution in [3.05, 3.63) is 65.8 Å². The number of furan rings is 1. The Bertz CT molecular complexity index is 995. The fraction of sp³-hybridized carbons (Fsp3) is 0.250. The van der Waals surface area contributed by atoms with Crippen molar-refractivity contribution in [3.8, 4) is 0 Å². The lowest BCUT2D eigenvalue weighted by Crippen LogP contribution is -2.31. The van der Waals surface area contributed by atoms with Gasteiger partial charge in [-0.1, -0.05) is 36.9 Å². The van der Waals surface area contributed by atoms with Gasteiger partial charge in [-0.15, -0.1) is 5.10 Å². The number of amides is 1. The summed E-state index contributed by atoms with van der Waals surface area (Å²) in [5.74, 6) is 1.97. The summed E-state index contributed by atoms with van der Waals surface area (Å²) >= 11 is 1.59. The zero-order valence-electron chi connectivity index (χ0n) is 15.7. The molecule has 1 aliphatic heterocycles. The molecule has 0 spiro atoms. The van der Waals surface area contributed by atoms with Crippen molar-refractivity contribution in [3.63, 3.8) is 0 Å². The van der Waals surface area contributed by atoms with Crippen molar-refractivity contribution in [1.82, 2.24) is 14.8 Å². The first-order valence-electron chi connectivity index (χ1n) is 9.14. The maximum Gasteiger partial charge on any atom is 0.256 e. The van der Waals surface area contributed by atoms with Crippen LogP contribution < -0.4 is 10.6 Å². The molecular formula is C20H21N5O2S. The number of allylic oxidation sites excluding steroid dienone is 1.